The van der Waals surface area contributed by atoms with Gasteiger partial charge in [-0.25, -0.2) is 9.18 Å². The van der Waals surface area contributed by atoms with E-state index in [2.05, 4.69) is 5.32 Å². The van der Waals surface area contributed by atoms with E-state index in [4.69, 9.17) is 0 Å². The van der Waals surface area contributed by atoms with E-state index in [1.54, 1.807) is 21.9 Å². The maximum absolute atomic E-state index is 13.7. The molecule has 2 heterocycles. The molecule has 0 radical (unpaired) electrons. The van der Waals surface area contributed by atoms with Gasteiger partial charge in [0.2, 0.25) is 5.91 Å². The summed E-state index contributed by atoms with van der Waals surface area (Å²) in [7, 11) is 1.92. The minimum Gasteiger partial charge on any atom is -0.334 e. The van der Waals surface area contributed by atoms with Crippen molar-refractivity contribution in [1.29, 1.82) is 0 Å². The van der Waals surface area contributed by atoms with Gasteiger partial charge in [0.1, 0.15) is 5.82 Å². The smallest absolute Gasteiger partial charge is 0.317 e. The number of nitrogens with one attached hydrogen (secondary N) is 1. The third-order valence-corrected chi connectivity index (χ3v) is 5.96. The predicted octanol–water partition coefficient (Wildman–Crippen LogP) is 2.46. The van der Waals surface area contributed by atoms with Crippen molar-refractivity contribution in [2.24, 2.45) is 0 Å². The minimum atomic E-state index is -0.364. The normalized spacial score (nSPS) is 22.3. The van der Waals surface area contributed by atoms with Crippen LogP contribution < -0.4 is 10.2 Å². The Hall–Kier alpha value is -2.93. The molecular weight excluding hydrogens is 371 g/mol. The van der Waals surface area contributed by atoms with Gasteiger partial charge in [0, 0.05) is 31.9 Å². The molecule has 0 aromatic heterocycles. The van der Waals surface area contributed by atoms with Crippen LogP contribution in [0.1, 0.15) is 12.0 Å². The quantitative estimate of drug-likeness (QED) is 0.867. The molecule has 4 rings (SSSR count). The van der Waals surface area contributed by atoms with E-state index >= 15 is 0 Å². The number of hydrogen-bond acceptors (Lipinski definition) is 3. The van der Waals surface area contributed by atoms with Gasteiger partial charge < -0.3 is 15.1 Å². The minimum absolute atomic E-state index is 0.0595. The topological polar surface area (TPSA) is 55.9 Å². The van der Waals surface area contributed by atoms with Gasteiger partial charge in [-0.3, -0.25) is 9.69 Å². The Balaban J connectivity index is 1.44. The standard InChI is InChI=1S/C22H25FN4O2/c1-25-14-20(28)27(19-9-5-8-18(23)12-19)16-22(25)10-11-26(15-22)21(29)24-13-17-6-3-2-4-7-17/h2-9,12H,10-11,13-16H2,1H3,(H,24,29)/t22-/m1/s1. The number of anilines is 1. The van der Waals surface area contributed by atoms with Crippen LogP contribution in [0.2, 0.25) is 0 Å². The van der Waals surface area contributed by atoms with E-state index in [9.17, 15) is 14.0 Å². The first kappa shape index (κ1) is 19.4. The molecule has 6 nitrogen and oxygen atoms in total. The molecular formula is C22H25FN4O2. The van der Waals surface area contributed by atoms with Crippen molar-refractivity contribution in [1.82, 2.24) is 15.1 Å². The van der Waals surface area contributed by atoms with Gasteiger partial charge in [0.05, 0.1) is 12.1 Å². The van der Waals surface area contributed by atoms with E-state index in [1.807, 2.05) is 42.3 Å². The molecule has 3 amide bonds. The first-order valence-electron chi connectivity index (χ1n) is 9.81. The molecule has 1 N–H and O–H groups in total. The zero-order chi connectivity index (χ0) is 20.4. The molecule has 2 aromatic rings. The lowest BCUT2D eigenvalue weighted by Gasteiger charge is -2.46. The van der Waals surface area contributed by atoms with Crippen LogP contribution in [0.3, 0.4) is 0 Å². The van der Waals surface area contributed by atoms with Crippen LogP contribution in [-0.2, 0) is 11.3 Å². The lowest BCUT2D eigenvalue weighted by atomic mass is 9.92. The fraction of sp³-hybridized carbons (Fsp3) is 0.364. The van der Waals surface area contributed by atoms with Crippen molar-refractivity contribution in [3.8, 4) is 0 Å². The van der Waals surface area contributed by atoms with Gasteiger partial charge >= 0.3 is 6.03 Å². The molecule has 0 aliphatic carbocycles. The molecule has 152 valence electrons. The zero-order valence-electron chi connectivity index (χ0n) is 16.5. The molecule has 29 heavy (non-hydrogen) atoms. The second-order valence-electron chi connectivity index (χ2n) is 7.86. The lowest BCUT2D eigenvalue weighted by Crippen LogP contribution is -2.64. The molecule has 0 bridgehead atoms. The van der Waals surface area contributed by atoms with Crippen LogP contribution in [0.25, 0.3) is 0 Å². The number of urea groups is 1. The van der Waals surface area contributed by atoms with Gasteiger partial charge in [0.25, 0.3) is 0 Å². The molecule has 2 aliphatic rings. The third kappa shape index (κ3) is 3.96. The number of halogens is 1. The van der Waals surface area contributed by atoms with Crippen molar-refractivity contribution >= 4 is 17.6 Å². The molecule has 2 saturated heterocycles. The van der Waals surface area contributed by atoms with E-state index in [0.717, 1.165) is 12.0 Å². The van der Waals surface area contributed by atoms with Gasteiger partial charge in [-0.15, -0.1) is 0 Å². The summed E-state index contributed by atoms with van der Waals surface area (Å²) in [6.07, 6.45) is 0.765. The Labute approximate surface area is 169 Å². The first-order chi connectivity index (χ1) is 14.0. The van der Waals surface area contributed by atoms with Gasteiger partial charge in [-0.1, -0.05) is 36.4 Å². The highest BCUT2D eigenvalue weighted by atomic mass is 19.1. The molecule has 2 fully saturated rings. The molecule has 7 heteroatoms. The monoisotopic (exact) mass is 396 g/mol. The fourth-order valence-corrected chi connectivity index (χ4v) is 4.19. The van der Waals surface area contributed by atoms with Crippen LogP contribution >= 0.6 is 0 Å². The Morgan fingerprint density at radius 3 is 2.69 bits per heavy atom. The summed E-state index contributed by atoms with van der Waals surface area (Å²) in [5.41, 5.74) is 1.28. The van der Waals surface area contributed by atoms with Crippen molar-refractivity contribution < 1.29 is 14.0 Å². The van der Waals surface area contributed by atoms with Crippen molar-refractivity contribution in [2.75, 3.05) is 38.1 Å². The molecule has 0 saturated carbocycles. The number of hydrogen-bond donors (Lipinski definition) is 1. The Kier molecular flexibility index (Phi) is 5.24. The highest BCUT2D eigenvalue weighted by Crippen LogP contribution is 2.33. The molecule has 0 unspecified atom stereocenters. The lowest BCUT2D eigenvalue weighted by molar-refractivity contribution is -0.123. The number of rotatable bonds is 3. The number of amides is 3. The van der Waals surface area contributed by atoms with Gasteiger partial charge in [-0.2, -0.15) is 0 Å². The third-order valence-electron chi connectivity index (χ3n) is 5.96. The Morgan fingerprint density at radius 2 is 1.93 bits per heavy atom. The SMILES string of the molecule is CN1CC(=O)N(c2cccc(F)c2)C[C@]12CCN(C(=O)NCc1ccccc1)C2. The predicted molar refractivity (Wildman–Crippen MR) is 109 cm³/mol. The van der Waals surface area contributed by atoms with E-state index in [1.165, 1.54) is 12.1 Å². The summed E-state index contributed by atoms with van der Waals surface area (Å²) in [5, 5.41) is 2.98. The van der Waals surface area contributed by atoms with Crippen LogP contribution in [0.4, 0.5) is 14.9 Å². The highest BCUT2D eigenvalue weighted by molar-refractivity contribution is 5.96. The number of likely N-dealkylation sites (tertiary alicyclic amines) is 1. The largest absolute Gasteiger partial charge is 0.334 e. The summed E-state index contributed by atoms with van der Waals surface area (Å²) in [6.45, 7) is 2.32. The molecule has 2 aromatic carbocycles. The van der Waals surface area contributed by atoms with Gasteiger partial charge in [0.15, 0.2) is 0 Å². The Bertz CT molecular complexity index is 907. The maximum Gasteiger partial charge on any atom is 0.317 e. The van der Waals surface area contributed by atoms with Crippen LogP contribution in [-0.4, -0.2) is 60.5 Å². The number of carbonyl (C=O) groups is 2. The second kappa shape index (κ2) is 7.83. The van der Waals surface area contributed by atoms with Crippen LogP contribution in [0, 0.1) is 5.82 Å². The van der Waals surface area contributed by atoms with Crippen molar-refractivity contribution in [2.45, 2.75) is 18.5 Å². The summed E-state index contributed by atoms with van der Waals surface area (Å²) >= 11 is 0. The fourth-order valence-electron chi connectivity index (χ4n) is 4.19. The van der Waals surface area contributed by atoms with Gasteiger partial charge in [-0.05, 0) is 37.2 Å². The number of benzene rings is 2. The average molecular weight is 396 g/mol. The Morgan fingerprint density at radius 1 is 1.14 bits per heavy atom. The summed E-state index contributed by atoms with van der Waals surface area (Å²) in [5.74, 6) is -0.424. The summed E-state index contributed by atoms with van der Waals surface area (Å²) in [6, 6.07) is 15.8. The van der Waals surface area contributed by atoms with Crippen LogP contribution in [0.5, 0.6) is 0 Å². The van der Waals surface area contributed by atoms with E-state index in [0.29, 0.717) is 31.9 Å². The van der Waals surface area contributed by atoms with Crippen LogP contribution in [0.15, 0.2) is 54.6 Å². The average Bonchev–Trinajstić information content (AvgIpc) is 3.15. The van der Waals surface area contributed by atoms with Crippen molar-refractivity contribution in [3.05, 3.63) is 66.0 Å². The zero-order valence-corrected chi connectivity index (χ0v) is 16.5. The second-order valence-corrected chi connectivity index (χ2v) is 7.86. The summed E-state index contributed by atoms with van der Waals surface area (Å²) in [4.78, 5) is 30.8. The number of carbonyl (C=O) groups excluding carboxylic acids is 2. The number of likely N-dealkylation sites (N-methyl/N-ethyl adjacent to an activating group) is 1. The number of piperazine rings is 1. The molecule has 1 spiro atoms. The maximum atomic E-state index is 13.7. The molecule has 1 atom stereocenters. The summed E-state index contributed by atoms with van der Waals surface area (Å²) < 4.78 is 13.7. The van der Waals surface area contributed by atoms with E-state index in [-0.39, 0.29) is 29.8 Å². The van der Waals surface area contributed by atoms with E-state index < -0.39 is 0 Å². The first-order valence-corrected chi connectivity index (χ1v) is 9.81. The number of nitrogens with zero attached hydrogens (tertiary/aromatic N) is 3. The van der Waals surface area contributed by atoms with Crippen molar-refractivity contribution in [3.63, 3.8) is 0 Å². The highest BCUT2D eigenvalue weighted by Gasteiger charge is 2.48. The molecule has 2 aliphatic heterocycles.